The van der Waals surface area contributed by atoms with Gasteiger partial charge in [0, 0.05) is 19.2 Å². The van der Waals surface area contributed by atoms with Crippen LogP contribution >= 0.6 is 23.6 Å². The first kappa shape index (κ1) is 16.1. The lowest BCUT2D eigenvalue weighted by Crippen LogP contribution is -2.27. The number of hydrogen-bond acceptors (Lipinski definition) is 4. The summed E-state index contributed by atoms with van der Waals surface area (Å²) in [7, 11) is -1.79. The fraction of sp³-hybridized carbons (Fsp3) is 0.214. The fourth-order valence-corrected chi connectivity index (χ4v) is 3.83. The van der Waals surface area contributed by atoms with E-state index in [4.69, 9.17) is 18.0 Å². The van der Waals surface area contributed by atoms with Gasteiger partial charge in [-0.15, -0.1) is 0 Å². The Labute approximate surface area is 134 Å². The lowest BCUT2D eigenvalue weighted by Gasteiger charge is -2.16. The Kier molecular flexibility index (Phi) is 5.10. The molecule has 0 aliphatic rings. The average Bonchev–Trinajstić information content (AvgIpc) is 2.91. The van der Waals surface area contributed by atoms with Crippen molar-refractivity contribution >= 4 is 38.6 Å². The molecule has 2 rings (SSSR count). The molecule has 0 amide bonds. The molecule has 0 radical (unpaired) electrons. The number of nitrogens with zero attached hydrogens (tertiary/aromatic N) is 1. The normalized spacial score (nSPS) is 11.7. The molecule has 0 aliphatic carbocycles. The Bertz CT molecular complexity index is 724. The predicted octanol–water partition coefficient (Wildman–Crippen LogP) is 2.34. The maximum Gasteiger partial charge on any atom is 0.218 e. The van der Waals surface area contributed by atoms with Crippen LogP contribution in [0, 0.1) is 0 Å². The van der Waals surface area contributed by atoms with Crippen LogP contribution in [-0.2, 0) is 22.3 Å². The lowest BCUT2D eigenvalue weighted by atomic mass is 10.1. The highest BCUT2D eigenvalue weighted by Crippen LogP contribution is 2.15. The molecule has 1 heterocycles. The highest BCUT2D eigenvalue weighted by atomic mass is 32.2. The van der Waals surface area contributed by atoms with Crippen LogP contribution in [0.25, 0.3) is 0 Å². The van der Waals surface area contributed by atoms with Crippen LogP contribution in [-0.4, -0.2) is 24.8 Å². The minimum Gasteiger partial charge on any atom is -0.389 e. The SMILES string of the molecule is CN(Cc1ccsc1)S(=O)(=O)Cc1cccc(C(N)=S)c1. The van der Waals surface area contributed by atoms with E-state index in [0.29, 0.717) is 17.7 Å². The van der Waals surface area contributed by atoms with E-state index < -0.39 is 10.0 Å². The van der Waals surface area contributed by atoms with Gasteiger partial charge >= 0.3 is 0 Å². The zero-order valence-electron chi connectivity index (χ0n) is 11.5. The second-order valence-electron chi connectivity index (χ2n) is 4.71. The molecule has 0 saturated heterocycles. The molecule has 0 aliphatic heterocycles. The smallest absolute Gasteiger partial charge is 0.218 e. The van der Waals surface area contributed by atoms with E-state index in [1.165, 1.54) is 4.31 Å². The Morgan fingerprint density at radius 2 is 2.10 bits per heavy atom. The molecule has 0 fully saturated rings. The Morgan fingerprint density at radius 1 is 1.33 bits per heavy atom. The summed E-state index contributed by atoms with van der Waals surface area (Å²) >= 11 is 6.46. The zero-order valence-corrected chi connectivity index (χ0v) is 14.0. The molecule has 2 N–H and O–H groups in total. The van der Waals surface area contributed by atoms with Crippen molar-refractivity contribution in [2.75, 3.05) is 7.05 Å². The van der Waals surface area contributed by atoms with Gasteiger partial charge in [-0.25, -0.2) is 12.7 Å². The molecule has 4 nitrogen and oxygen atoms in total. The van der Waals surface area contributed by atoms with Gasteiger partial charge < -0.3 is 5.73 Å². The van der Waals surface area contributed by atoms with Gasteiger partial charge in [0.25, 0.3) is 0 Å². The molecule has 112 valence electrons. The van der Waals surface area contributed by atoms with Crippen molar-refractivity contribution in [2.45, 2.75) is 12.3 Å². The number of thiocarbonyl (C=S) groups is 1. The third kappa shape index (κ3) is 4.34. The van der Waals surface area contributed by atoms with Crippen LogP contribution in [0.15, 0.2) is 41.1 Å². The number of hydrogen-bond donors (Lipinski definition) is 1. The van der Waals surface area contributed by atoms with E-state index in [0.717, 1.165) is 5.56 Å². The maximum absolute atomic E-state index is 12.4. The highest BCUT2D eigenvalue weighted by molar-refractivity contribution is 7.88. The molecule has 0 atom stereocenters. The topological polar surface area (TPSA) is 63.4 Å². The molecular weight excluding hydrogens is 324 g/mol. The van der Waals surface area contributed by atoms with E-state index in [9.17, 15) is 8.42 Å². The maximum atomic E-state index is 12.4. The van der Waals surface area contributed by atoms with Gasteiger partial charge in [-0.05, 0) is 34.0 Å². The molecule has 0 bridgehead atoms. The molecular formula is C14H16N2O2S3. The van der Waals surface area contributed by atoms with Gasteiger partial charge in [0.2, 0.25) is 10.0 Å². The fourth-order valence-electron chi connectivity index (χ4n) is 1.87. The first-order valence-corrected chi connectivity index (χ1v) is 9.18. The summed E-state index contributed by atoms with van der Waals surface area (Å²) in [5, 5.41) is 3.88. The second kappa shape index (κ2) is 6.65. The largest absolute Gasteiger partial charge is 0.389 e. The molecule has 21 heavy (non-hydrogen) atoms. The third-order valence-corrected chi connectivity index (χ3v) is 5.77. The minimum atomic E-state index is -3.38. The molecule has 0 saturated carbocycles. The van der Waals surface area contributed by atoms with Gasteiger partial charge in [0.1, 0.15) is 4.99 Å². The van der Waals surface area contributed by atoms with Gasteiger partial charge in [0.15, 0.2) is 0 Å². The van der Waals surface area contributed by atoms with Crippen molar-refractivity contribution in [2.24, 2.45) is 5.73 Å². The Morgan fingerprint density at radius 3 is 2.71 bits per heavy atom. The Balaban J connectivity index is 2.13. The average molecular weight is 340 g/mol. The van der Waals surface area contributed by atoms with E-state index in [1.807, 2.05) is 16.8 Å². The summed E-state index contributed by atoms with van der Waals surface area (Å²) in [5.74, 6) is -0.0654. The molecule has 1 aromatic heterocycles. The van der Waals surface area contributed by atoms with Gasteiger partial charge in [-0.3, -0.25) is 0 Å². The first-order chi connectivity index (χ1) is 9.88. The number of nitrogens with two attached hydrogens (primary N) is 1. The van der Waals surface area contributed by atoms with Crippen molar-refractivity contribution in [3.05, 3.63) is 57.8 Å². The molecule has 0 unspecified atom stereocenters. The van der Waals surface area contributed by atoms with Crippen molar-refractivity contribution in [3.8, 4) is 0 Å². The van der Waals surface area contributed by atoms with Crippen LogP contribution in [0.4, 0.5) is 0 Å². The monoisotopic (exact) mass is 340 g/mol. The lowest BCUT2D eigenvalue weighted by molar-refractivity contribution is 0.466. The second-order valence-corrected chi connectivity index (χ2v) is 8.00. The number of rotatable bonds is 6. The number of sulfonamides is 1. The summed E-state index contributed by atoms with van der Waals surface area (Å²) in [5.41, 5.74) is 7.92. The Hall–Kier alpha value is -1.28. The summed E-state index contributed by atoms with van der Waals surface area (Å²) < 4.78 is 26.1. The minimum absolute atomic E-state index is 0.0654. The van der Waals surface area contributed by atoms with Gasteiger partial charge in [-0.1, -0.05) is 30.4 Å². The van der Waals surface area contributed by atoms with Crippen molar-refractivity contribution in [1.82, 2.24) is 4.31 Å². The number of benzene rings is 1. The van der Waals surface area contributed by atoms with E-state index >= 15 is 0 Å². The zero-order chi connectivity index (χ0) is 15.5. The predicted molar refractivity (Wildman–Crippen MR) is 90.7 cm³/mol. The molecule has 0 spiro atoms. The van der Waals surface area contributed by atoms with Crippen LogP contribution in [0.1, 0.15) is 16.7 Å². The standard InChI is InChI=1S/C14H16N2O2S3/c1-16(8-12-5-6-20-9-12)21(17,18)10-11-3-2-4-13(7-11)14(15)19/h2-7,9H,8,10H2,1H3,(H2,15,19). The van der Waals surface area contributed by atoms with Crippen LogP contribution < -0.4 is 5.73 Å². The van der Waals surface area contributed by atoms with Gasteiger partial charge in [-0.2, -0.15) is 11.3 Å². The molecule has 2 aromatic rings. The van der Waals surface area contributed by atoms with E-state index in [-0.39, 0.29) is 10.7 Å². The van der Waals surface area contributed by atoms with Crippen molar-refractivity contribution in [3.63, 3.8) is 0 Å². The van der Waals surface area contributed by atoms with Crippen LogP contribution in [0.2, 0.25) is 0 Å². The van der Waals surface area contributed by atoms with E-state index in [2.05, 4.69) is 0 Å². The summed E-state index contributed by atoms with van der Waals surface area (Å²) in [6, 6.07) is 8.94. The van der Waals surface area contributed by atoms with E-state index in [1.54, 1.807) is 42.6 Å². The van der Waals surface area contributed by atoms with Crippen molar-refractivity contribution in [1.29, 1.82) is 0 Å². The number of thiophene rings is 1. The van der Waals surface area contributed by atoms with Crippen molar-refractivity contribution < 1.29 is 8.42 Å². The molecule has 1 aromatic carbocycles. The van der Waals surface area contributed by atoms with Crippen LogP contribution in [0.5, 0.6) is 0 Å². The quantitative estimate of drug-likeness (QED) is 0.820. The van der Waals surface area contributed by atoms with Gasteiger partial charge in [0.05, 0.1) is 5.75 Å². The summed E-state index contributed by atoms with van der Waals surface area (Å²) in [6.45, 7) is 0.376. The highest BCUT2D eigenvalue weighted by Gasteiger charge is 2.19. The summed E-state index contributed by atoms with van der Waals surface area (Å²) in [4.78, 5) is 0.265. The third-order valence-electron chi connectivity index (χ3n) is 3.02. The van der Waals surface area contributed by atoms with Crippen LogP contribution in [0.3, 0.4) is 0 Å². The first-order valence-electron chi connectivity index (χ1n) is 6.22. The summed E-state index contributed by atoms with van der Waals surface area (Å²) in [6.07, 6.45) is 0. The molecule has 7 heteroatoms.